The van der Waals surface area contributed by atoms with Crippen molar-refractivity contribution in [2.24, 2.45) is 0 Å². The third-order valence-corrected chi connectivity index (χ3v) is 3.30. The molecule has 0 saturated heterocycles. The van der Waals surface area contributed by atoms with Crippen LogP contribution in [0.4, 0.5) is 35.1 Å². The van der Waals surface area contributed by atoms with Crippen LogP contribution in [-0.2, 0) is 5.67 Å². The second kappa shape index (κ2) is 6.67. The van der Waals surface area contributed by atoms with E-state index in [1.165, 1.54) is 0 Å². The Bertz CT molecular complexity index is 832. The van der Waals surface area contributed by atoms with Crippen LogP contribution < -0.4 is 4.74 Å². The van der Waals surface area contributed by atoms with E-state index in [2.05, 4.69) is 4.98 Å². The predicted molar refractivity (Wildman–Crippen MR) is 72.6 cm³/mol. The van der Waals surface area contributed by atoms with Gasteiger partial charge in [-0.25, -0.2) is 18.6 Å². The summed E-state index contributed by atoms with van der Waals surface area (Å²) in [6.45, 7) is 0. The van der Waals surface area contributed by atoms with Crippen molar-refractivity contribution < 1.29 is 49.8 Å². The molecular formula is C15H7F8NO3. The normalized spacial score (nSPS) is 12.7. The maximum absolute atomic E-state index is 13.9. The van der Waals surface area contributed by atoms with Crippen molar-refractivity contribution in [2.75, 3.05) is 0 Å². The fraction of sp³-hybridized carbons (Fsp3) is 0.200. The Morgan fingerprint density at radius 1 is 0.963 bits per heavy atom. The second-order valence-corrected chi connectivity index (χ2v) is 5.10. The van der Waals surface area contributed by atoms with E-state index in [9.17, 15) is 39.9 Å². The summed E-state index contributed by atoms with van der Waals surface area (Å²) in [6.07, 6.45) is -11.8. The number of hydrogen-bond donors (Lipinski definition) is 1. The average molecular weight is 401 g/mol. The number of nitrogens with zero attached hydrogens (tertiary/aromatic N) is 1. The van der Waals surface area contributed by atoms with Crippen LogP contribution in [0.2, 0.25) is 0 Å². The van der Waals surface area contributed by atoms with Gasteiger partial charge in [0, 0.05) is 11.8 Å². The lowest BCUT2D eigenvalue weighted by atomic mass is 9.94. The third kappa shape index (κ3) is 3.78. The molecule has 4 nitrogen and oxygen atoms in total. The minimum Gasteiger partial charge on any atom is -0.478 e. The van der Waals surface area contributed by atoms with Crippen molar-refractivity contribution in [1.29, 1.82) is 0 Å². The first-order chi connectivity index (χ1) is 12.3. The van der Waals surface area contributed by atoms with Gasteiger partial charge in [-0.1, -0.05) is 12.1 Å². The summed E-state index contributed by atoms with van der Waals surface area (Å²) in [7, 11) is 0. The number of aromatic nitrogens is 1. The molecule has 1 aromatic carbocycles. The van der Waals surface area contributed by atoms with Gasteiger partial charge in [0.25, 0.3) is 5.88 Å². The summed E-state index contributed by atoms with van der Waals surface area (Å²) in [5.41, 5.74) is -7.87. The molecule has 12 heteroatoms. The van der Waals surface area contributed by atoms with Gasteiger partial charge in [0.2, 0.25) is 0 Å². The van der Waals surface area contributed by atoms with Crippen molar-refractivity contribution >= 4 is 5.97 Å². The number of pyridine rings is 1. The monoisotopic (exact) mass is 401 g/mol. The number of ether oxygens (including phenoxy) is 1. The Labute approximate surface area is 145 Å². The molecule has 1 N–H and O–H groups in total. The molecule has 0 unspecified atom stereocenters. The Morgan fingerprint density at radius 3 is 1.89 bits per heavy atom. The summed E-state index contributed by atoms with van der Waals surface area (Å²) in [4.78, 5) is 14.0. The quantitative estimate of drug-likeness (QED) is 0.733. The van der Waals surface area contributed by atoms with Crippen LogP contribution in [0.5, 0.6) is 11.6 Å². The topological polar surface area (TPSA) is 59.4 Å². The Morgan fingerprint density at radius 2 is 1.48 bits per heavy atom. The van der Waals surface area contributed by atoms with Crippen molar-refractivity contribution in [3.63, 3.8) is 0 Å². The molecule has 0 aliphatic heterocycles. The third-order valence-electron chi connectivity index (χ3n) is 3.30. The first-order valence-electron chi connectivity index (χ1n) is 6.77. The van der Waals surface area contributed by atoms with Crippen molar-refractivity contribution in [1.82, 2.24) is 4.98 Å². The number of carbonyl (C=O) groups is 1. The number of halogens is 8. The molecule has 0 fully saturated rings. The zero-order chi connectivity index (χ0) is 20.6. The highest BCUT2D eigenvalue weighted by molar-refractivity contribution is 5.87. The second-order valence-electron chi connectivity index (χ2n) is 5.10. The maximum Gasteiger partial charge on any atom is 0.435 e. The number of rotatable bonds is 4. The molecule has 2 rings (SSSR count). The molecule has 146 valence electrons. The average Bonchev–Trinajstić information content (AvgIpc) is 2.54. The van der Waals surface area contributed by atoms with Gasteiger partial charge in [-0.2, -0.15) is 26.3 Å². The SMILES string of the molecule is O=C(O)c1cnc(Oc2ccc(C(F)(C(F)(F)F)C(F)(F)F)cc2)c(F)c1. The molecule has 0 bridgehead atoms. The molecule has 0 radical (unpaired) electrons. The molecular weight excluding hydrogens is 394 g/mol. The van der Waals surface area contributed by atoms with E-state index < -0.39 is 52.6 Å². The van der Waals surface area contributed by atoms with Crippen LogP contribution in [-0.4, -0.2) is 28.4 Å². The zero-order valence-corrected chi connectivity index (χ0v) is 12.7. The van der Waals surface area contributed by atoms with Gasteiger partial charge in [0.1, 0.15) is 5.75 Å². The molecule has 0 atom stereocenters. The maximum atomic E-state index is 13.9. The molecule has 0 saturated carbocycles. The predicted octanol–water partition coefficient (Wildman–Crippen LogP) is 5.00. The van der Waals surface area contributed by atoms with E-state index in [0.717, 1.165) is 6.20 Å². The molecule has 27 heavy (non-hydrogen) atoms. The van der Waals surface area contributed by atoms with Crippen LogP contribution in [0.1, 0.15) is 15.9 Å². The van der Waals surface area contributed by atoms with Gasteiger partial charge < -0.3 is 9.84 Å². The lowest BCUT2D eigenvalue weighted by Crippen LogP contribution is -2.50. The number of benzene rings is 1. The van der Waals surface area contributed by atoms with Crippen LogP contribution in [0.25, 0.3) is 0 Å². The van der Waals surface area contributed by atoms with Gasteiger partial charge >= 0.3 is 24.0 Å². The number of hydrogen-bond acceptors (Lipinski definition) is 3. The molecule has 2 aromatic rings. The number of aromatic carboxylic acids is 1. The summed E-state index contributed by atoms with van der Waals surface area (Å²) in [5, 5.41) is 8.66. The van der Waals surface area contributed by atoms with Crippen molar-refractivity contribution in [3.05, 3.63) is 53.5 Å². The summed E-state index contributed by atoms with van der Waals surface area (Å²) >= 11 is 0. The minimum atomic E-state index is -6.27. The van der Waals surface area contributed by atoms with Gasteiger partial charge in [0.05, 0.1) is 5.56 Å². The standard InChI is InChI=1S/C15H7F8NO3/c16-10-5-7(12(25)26)6-24-11(10)27-9-3-1-8(2-4-9)13(17,14(18,19)20)15(21,22)23/h1-6H,(H,25,26). The van der Waals surface area contributed by atoms with E-state index in [0.29, 0.717) is 18.2 Å². The van der Waals surface area contributed by atoms with Gasteiger partial charge in [-0.15, -0.1) is 0 Å². The Kier molecular flexibility index (Phi) is 5.04. The number of carboxylic acids is 1. The molecule has 0 aliphatic rings. The first-order valence-corrected chi connectivity index (χ1v) is 6.77. The van der Waals surface area contributed by atoms with Crippen LogP contribution in [0.3, 0.4) is 0 Å². The summed E-state index contributed by atoms with van der Waals surface area (Å²) in [6, 6.07) is 2.00. The molecule has 1 aromatic heterocycles. The number of alkyl halides is 7. The van der Waals surface area contributed by atoms with E-state index in [4.69, 9.17) is 9.84 Å². The van der Waals surface area contributed by atoms with Crippen molar-refractivity contribution in [3.8, 4) is 11.6 Å². The molecule has 1 heterocycles. The fourth-order valence-corrected chi connectivity index (χ4v) is 1.97. The van der Waals surface area contributed by atoms with Crippen LogP contribution >= 0.6 is 0 Å². The lowest BCUT2D eigenvalue weighted by Gasteiger charge is -2.30. The van der Waals surface area contributed by atoms with Crippen LogP contribution in [0.15, 0.2) is 36.5 Å². The summed E-state index contributed by atoms with van der Waals surface area (Å²) in [5.74, 6) is -3.98. The molecule has 0 amide bonds. The lowest BCUT2D eigenvalue weighted by molar-refractivity contribution is -0.348. The smallest absolute Gasteiger partial charge is 0.435 e. The highest BCUT2D eigenvalue weighted by Crippen LogP contribution is 2.53. The van der Waals surface area contributed by atoms with Crippen LogP contribution in [0, 0.1) is 5.82 Å². The van der Waals surface area contributed by atoms with Crippen molar-refractivity contribution in [2.45, 2.75) is 18.0 Å². The van der Waals surface area contributed by atoms with E-state index >= 15 is 0 Å². The first kappa shape index (κ1) is 20.4. The highest BCUT2D eigenvalue weighted by Gasteiger charge is 2.73. The van der Waals surface area contributed by atoms with Gasteiger partial charge in [-0.3, -0.25) is 0 Å². The minimum absolute atomic E-state index is 0.180. The van der Waals surface area contributed by atoms with Gasteiger partial charge in [0.15, 0.2) is 5.82 Å². The largest absolute Gasteiger partial charge is 0.478 e. The zero-order valence-electron chi connectivity index (χ0n) is 12.7. The van der Waals surface area contributed by atoms with E-state index in [1.54, 1.807) is 0 Å². The Hall–Kier alpha value is -2.92. The van der Waals surface area contributed by atoms with E-state index in [1.807, 2.05) is 0 Å². The highest BCUT2D eigenvalue weighted by atomic mass is 19.4. The fourth-order valence-electron chi connectivity index (χ4n) is 1.97. The van der Waals surface area contributed by atoms with E-state index in [-0.39, 0.29) is 12.1 Å². The molecule has 0 aliphatic carbocycles. The van der Waals surface area contributed by atoms with Gasteiger partial charge in [-0.05, 0) is 18.2 Å². The summed E-state index contributed by atoms with van der Waals surface area (Å²) < 4.78 is 108. The Balaban J connectivity index is 2.34. The number of carboxylic acid groups (broad SMARTS) is 1. The molecule has 0 spiro atoms.